The van der Waals surface area contributed by atoms with Crippen molar-refractivity contribution in [1.29, 1.82) is 0 Å². The number of nitrogens with one attached hydrogen (secondary N) is 2. The summed E-state index contributed by atoms with van der Waals surface area (Å²) in [7, 11) is 0. The Morgan fingerprint density at radius 2 is 1.93 bits per heavy atom. The van der Waals surface area contributed by atoms with Gasteiger partial charge in [-0.25, -0.2) is 14.8 Å². The number of hydrogen-bond donors (Lipinski definition) is 3. The molecule has 0 aromatic carbocycles. The number of hydrogen-bond acceptors (Lipinski definition) is 6. The van der Waals surface area contributed by atoms with Crippen molar-refractivity contribution in [3.05, 3.63) is 18.0 Å². The lowest BCUT2D eigenvalue weighted by Gasteiger charge is -2.33. The molecule has 2 heterocycles. The lowest BCUT2D eigenvalue weighted by atomic mass is 10.0. The first-order chi connectivity index (χ1) is 13.2. The summed E-state index contributed by atoms with van der Waals surface area (Å²) in [5, 5.41) is 13.9. The first-order valence-electron chi connectivity index (χ1n) is 8.63. The van der Waals surface area contributed by atoms with Crippen LogP contribution in [0.2, 0.25) is 0 Å². The first kappa shape index (κ1) is 22.1. The van der Waals surface area contributed by atoms with Gasteiger partial charge in [0.15, 0.2) is 0 Å². The molecule has 0 saturated carbocycles. The average molecular weight is 421 g/mol. The van der Waals surface area contributed by atoms with Crippen molar-refractivity contribution in [2.75, 3.05) is 30.0 Å². The van der Waals surface area contributed by atoms with E-state index in [4.69, 9.17) is 5.11 Å². The van der Waals surface area contributed by atoms with Gasteiger partial charge in [0.2, 0.25) is 11.9 Å². The van der Waals surface area contributed by atoms with Gasteiger partial charge >= 0.3 is 12.3 Å². The van der Waals surface area contributed by atoms with Gasteiger partial charge in [0.1, 0.15) is 6.04 Å². The second kappa shape index (κ2) is 9.80. The highest BCUT2D eigenvalue weighted by atomic mass is 32.2. The van der Waals surface area contributed by atoms with E-state index in [1.165, 1.54) is 11.8 Å². The van der Waals surface area contributed by atoms with E-state index in [1.54, 1.807) is 4.90 Å². The molecule has 0 radical (unpaired) electrons. The maximum atomic E-state index is 12.6. The Labute approximate surface area is 164 Å². The maximum Gasteiger partial charge on any atom is 0.419 e. The molecule has 0 aliphatic carbocycles. The molecule has 1 aliphatic heterocycles. The van der Waals surface area contributed by atoms with Gasteiger partial charge < -0.3 is 20.6 Å². The van der Waals surface area contributed by atoms with E-state index in [9.17, 15) is 22.8 Å². The number of piperidine rings is 1. The Morgan fingerprint density at radius 3 is 2.43 bits per heavy atom. The fraction of sp³-hybridized carbons (Fsp3) is 0.625. The number of carbonyl (C=O) groups excluding carboxylic acids is 1. The van der Waals surface area contributed by atoms with Crippen molar-refractivity contribution in [2.24, 2.45) is 0 Å². The molecule has 2 amide bonds. The van der Waals surface area contributed by atoms with Gasteiger partial charge in [-0.1, -0.05) is 0 Å². The van der Waals surface area contributed by atoms with E-state index >= 15 is 0 Å². The van der Waals surface area contributed by atoms with Gasteiger partial charge in [-0.05, 0) is 31.3 Å². The van der Waals surface area contributed by atoms with Crippen LogP contribution in [0.25, 0.3) is 0 Å². The van der Waals surface area contributed by atoms with Gasteiger partial charge in [0.05, 0.1) is 5.56 Å². The van der Waals surface area contributed by atoms with Crippen LogP contribution in [0.3, 0.4) is 0 Å². The number of carbonyl (C=O) groups is 2. The lowest BCUT2D eigenvalue weighted by Crippen LogP contribution is -2.52. The van der Waals surface area contributed by atoms with Crippen LogP contribution in [0.5, 0.6) is 0 Å². The van der Waals surface area contributed by atoms with E-state index < -0.39 is 23.9 Å². The average Bonchev–Trinajstić information content (AvgIpc) is 2.65. The predicted molar refractivity (Wildman–Crippen MR) is 98.4 cm³/mol. The molecule has 28 heavy (non-hydrogen) atoms. The van der Waals surface area contributed by atoms with Crippen molar-refractivity contribution >= 4 is 29.7 Å². The van der Waals surface area contributed by atoms with Crippen molar-refractivity contribution < 1.29 is 27.9 Å². The number of halogens is 3. The molecule has 12 heteroatoms. The number of rotatable bonds is 7. The van der Waals surface area contributed by atoms with Crippen molar-refractivity contribution in [3.63, 3.8) is 0 Å². The molecule has 1 fully saturated rings. The number of nitrogens with zero attached hydrogens (tertiary/aromatic N) is 3. The molecule has 1 aromatic heterocycles. The Morgan fingerprint density at radius 1 is 1.32 bits per heavy atom. The molecule has 1 unspecified atom stereocenters. The zero-order valence-electron chi connectivity index (χ0n) is 15.2. The highest BCUT2D eigenvalue weighted by Gasteiger charge is 2.32. The lowest BCUT2D eigenvalue weighted by molar-refractivity contribution is -0.138. The topological polar surface area (TPSA) is 107 Å². The van der Waals surface area contributed by atoms with Gasteiger partial charge in [-0.2, -0.15) is 24.9 Å². The second-order valence-electron chi connectivity index (χ2n) is 6.32. The van der Waals surface area contributed by atoms with E-state index in [0.717, 1.165) is 12.4 Å². The molecule has 1 atom stereocenters. The van der Waals surface area contributed by atoms with Crippen LogP contribution in [-0.4, -0.2) is 64.3 Å². The monoisotopic (exact) mass is 421 g/mol. The van der Waals surface area contributed by atoms with Crippen LogP contribution in [0.15, 0.2) is 12.4 Å². The molecule has 8 nitrogen and oxygen atoms in total. The summed E-state index contributed by atoms with van der Waals surface area (Å²) in [5.74, 6) is 0.478. The number of amides is 2. The molecule has 1 saturated heterocycles. The van der Waals surface area contributed by atoms with Gasteiger partial charge in [-0.3, -0.25) is 4.79 Å². The summed E-state index contributed by atoms with van der Waals surface area (Å²) in [6.07, 6.45) is -0.861. The summed E-state index contributed by atoms with van der Waals surface area (Å²) in [4.78, 5) is 32.5. The van der Waals surface area contributed by atoms with Crippen molar-refractivity contribution in [3.8, 4) is 0 Å². The minimum Gasteiger partial charge on any atom is -0.465 e. The maximum absolute atomic E-state index is 12.6. The van der Waals surface area contributed by atoms with E-state index in [1.807, 2.05) is 6.26 Å². The third-order valence-corrected chi connectivity index (χ3v) is 4.96. The van der Waals surface area contributed by atoms with Crippen LogP contribution in [-0.2, 0) is 11.0 Å². The van der Waals surface area contributed by atoms with Crippen LogP contribution in [0.4, 0.5) is 23.9 Å². The first-order valence-corrected chi connectivity index (χ1v) is 10.0. The van der Waals surface area contributed by atoms with Gasteiger partial charge in [0, 0.05) is 31.5 Å². The fourth-order valence-electron chi connectivity index (χ4n) is 2.81. The van der Waals surface area contributed by atoms with Gasteiger partial charge in [-0.15, -0.1) is 0 Å². The summed E-state index contributed by atoms with van der Waals surface area (Å²) < 4.78 is 37.7. The predicted octanol–water partition coefficient (Wildman–Crippen LogP) is 1.97. The van der Waals surface area contributed by atoms with Gasteiger partial charge in [0.25, 0.3) is 0 Å². The summed E-state index contributed by atoms with van der Waals surface area (Å²) in [6, 6.07) is -0.966. The molecule has 3 N–H and O–H groups in total. The molecular formula is C16H22F3N5O3S. The highest BCUT2D eigenvalue weighted by molar-refractivity contribution is 7.98. The standard InChI is InChI=1S/C16H22F3N5O3S/c1-28-7-4-12(23-15(26)27)13(25)22-11-2-5-24(6-3-11)14-20-8-10(9-21-14)16(17,18)19/h8-9,11-12,23H,2-7H2,1H3,(H,22,25)(H,26,27). The zero-order chi connectivity index (χ0) is 20.7. The quantitative estimate of drug-likeness (QED) is 0.618. The number of aromatic nitrogens is 2. The molecule has 156 valence electrons. The molecule has 1 aromatic rings. The Bertz CT molecular complexity index is 666. The number of thioether (sulfide) groups is 1. The molecular weight excluding hydrogens is 399 g/mol. The Balaban J connectivity index is 1.87. The number of carboxylic acid groups (broad SMARTS) is 1. The summed E-state index contributed by atoms with van der Waals surface area (Å²) in [5.41, 5.74) is -0.902. The minimum atomic E-state index is -4.48. The SMILES string of the molecule is CSCCC(NC(=O)O)C(=O)NC1CCN(c2ncc(C(F)(F)F)cn2)CC1. The number of alkyl halides is 3. The number of anilines is 1. The minimum absolute atomic E-state index is 0.148. The van der Waals surface area contributed by atoms with Crippen LogP contribution in [0, 0.1) is 0 Å². The van der Waals surface area contributed by atoms with Crippen LogP contribution >= 0.6 is 11.8 Å². The Kier molecular flexibility index (Phi) is 7.72. The normalized spacial score (nSPS) is 16.5. The van der Waals surface area contributed by atoms with E-state index in [0.29, 0.717) is 38.1 Å². The Hall–Kier alpha value is -2.24. The zero-order valence-corrected chi connectivity index (χ0v) is 16.0. The van der Waals surface area contributed by atoms with Crippen molar-refractivity contribution in [2.45, 2.75) is 37.5 Å². The molecule has 0 spiro atoms. The van der Waals surface area contributed by atoms with Crippen LogP contribution in [0.1, 0.15) is 24.8 Å². The molecule has 2 rings (SSSR count). The molecule has 0 bridgehead atoms. The smallest absolute Gasteiger partial charge is 0.419 e. The van der Waals surface area contributed by atoms with Crippen LogP contribution < -0.4 is 15.5 Å². The largest absolute Gasteiger partial charge is 0.465 e. The fourth-order valence-corrected chi connectivity index (χ4v) is 3.28. The highest BCUT2D eigenvalue weighted by Crippen LogP contribution is 2.28. The third kappa shape index (κ3) is 6.43. The summed E-state index contributed by atoms with van der Waals surface area (Å²) in [6.45, 7) is 0.941. The van der Waals surface area contributed by atoms with E-state index in [2.05, 4.69) is 20.6 Å². The van der Waals surface area contributed by atoms with Crippen molar-refractivity contribution in [1.82, 2.24) is 20.6 Å². The third-order valence-electron chi connectivity index (χ3n) is 4.31. The van der Waals surface area contributed by atoms with E-state index in [-0.39, 0.29) is 17.9 Å². The summed E-state index contributed by atoms with van der Waals surface area (Å²) >= 11 is 1.52. The molecule has 1 aliphatic rings. The second-order valence-corrected chi connectivity index (χ2v) is 7.31.